The molecular weight excluding hydrogens is 250 g/mol. The Balaban J connectivity index is 2.86. The Labute approximate surface area is 106 Å². The number of carbonyl (C=O) groups excluding carboxylic acids is 1. The number of carbonyl (C=O) groups is 1. The van der Waals surface area contributed by atoms with Gasteiger partial charge in [0, 0.05) is 16.0 Å². The number of aryl methyl sites for hydroxylation is 1. The summed E-state index contributed by atoms with van der Waals surface area (Å²) in [7, 11) is -3.53. The molecule has 0 saturated carbocycles. The van der Waals surface area contributed by atoms with Crippen molar-refractivity contribution in [3.05, 3.63) is 46.4 Å². The molecule has 0 atom stereocenters. The van der Waals surface area contributed by atoms with Crippen molar-refractivity contribution in [3.63, 3.8) is 0 Å². The van der Waals surface area contributed by atoms with Crippen molar-refractivity contribution in [2.45, 2.75) is 18.7 Å². The van der Waals surface area contributed by atoms with Gasteiger partial charge in [0.05, 0.1) is 4.90 Å². The molecule has 0 saturated heterocycles. The molecular formula is C13H13NO3S. The molecule has 5 heteroatoms. The SMILES string of the molecule is C=C1C=C(C)S(=O)(=O)c2cc(C(N)=O)c(C)cc21. The highest BCUT2D eigenvalue weighted by molar-refractivity contribution is 7.95. The van der Waals surface area contributed by atoms with Crippen LogP contribution in [0.2, 0.25) is 0 Å². The van der Waals surface area contributed by atoms with Crippen molar-refractivity contribution in [3.8, 4) is 0 Å². The smallest absolute Gasteiger partial charge is 0.249 e. The molecule has 1 aromatic carbocycles. The number of rotatable bonds is 1. The fourth-order valence-corrected chi connectivity index (χ4v) is 3.40. The summed E-state index contributed by atoms with van der Waals surface area (Å²) in [6.45, 7) is 7.05. The van der Waals surface area contributed by atoms with Gasteiger partial charge >= 0.3 is 0 Å². The van der Waals surface area contributed by atoms with Gasteiger partial charge in [-0.05, 0) is 43.2 Å². The molecule has 18 heavy (non-hydrogen) atoms. The van der Waals surface area contributed by atoms with E-state index in [9.17, 15) is 13.2 Å². The summed E-state index contributed by atoms with van der Waals surface area (Å²) < 4.78 is 24.3. The van der Waals surface area contributed by atoms with Crippen molar-refractivity contribution in [2.24, 2.45) is 5.73 Å². The van der Waals surface area contributed by atoms with Gasteiger partial charge < -0.3 is 5.73 Å². The van der Waals surface area contributed by atoms with E-state index >= 15 is 0 Å². The lowest BCUT2D eigenvalue weighted by Crippen LogP contribution is -2.17. The fourth-order valence-electron chi connectivity index (χ4n) is 2.00. The van der Waals surface area contributed by atoms with Crippen LogP contribution in [-0.2, 0) is 9.84 Å². The van der Waals surface area contributed by atoms with Crippen molar-refractivity contribution < 1.29 is 13.2 Å². The van der Waals surface area contributed by atoms with Gasteiger partial charge in [-0.3, -0.25) is 4.79 Å². The molecule has 0 aliphatic carbocycles. The Morgan fingerprint density at radius 1 is 1.28 bits per heavy atom. The summed E-state index contributed by atoms with van der Waals surface area (Å²) in [5, 5.41) is 0. The van der Waals surface area contributed by atoms with Crippen LogP contribution in [0.4, 0.5) is 0 Å². The Morgan fingerprint density at radius 2 is 1.89 bits per heavy atom. The number of hydrogen-bond donors (Lipinski definition) is 1. The third-order valence-corrected chi connectivity index (χ3v) is 4.91. The monoisotopic (exact) mass is 263 g/mol. The first-order valence-corrected chi connectivity index (χ1v) is 6.80. The van der Waals surface area contributed by atoms with Gasteiger partial charge in [-0.25, -0.2) is 8.42 Å². The van der Waals surface area contributed by atoms with E-state index in [-0.39, 0.29) is 15.4 Å². The highest BCUT2D eigenvalue weighted by atomic mass is 32.2. The predicted octanol–water partition coefficient (Wildman–Crippen LogP) is 1.80. The zero-order chi connectivity index (χ0) is 13.7. The summed E-state index contributed by atoms with van der Waals surface area (Å²) in [5.74, 6) is -0.636. The standard InChI is InChI=1S/C13H13NO3S/c1-7-4-9(3)18(16,17)12-6-11(13(14)15)8(2)5-10(7)12/h4-6H,1H2,2-3H3,(H2,14,15). The summed E-state index contributed by atoms with van der Waals surface area (Å²) in [4.78, 5) is 11.6. The molecule has 1 heterocycles. The van der Waals surface area contributed by atoms with Crippen LogP contribution >= 0.6 is 0 Å². The Hall–Kier alpha value is -1.88. The van der Waals surface area contributed by atoms with E-state index in [2.05, 4.69) is 6.58 Å². The lowest BCUT2D eigenvalue weighted by atomic mass is 9.99. The van der Waals surface area contributed by atoms with Crippen LogP contribution in [0, 0.1) is 6.92 Å². The zero-order valence-corrected chi connectivity index (χ0v) is 11.0. The average molecular weight is 263 g/mol. The predicted molar refractivity (Wildman–Crippen MR) is 69.7 cm³/mol. The normalized spacial score (nSPS) is 17.0. The Kier molecular flexibility index (Phi) is 2.66. The molecule has 1 aliphatic rings. The third-order valence-electron chi connectivity index (χ3n) is 3.03. The highest BCUT2D eigenvalue weighted by Gasteiger charge is 2.28. The van der Waals surface area contributed by atoms with E-state index in [1.165, 1.54) is 19.1 Å². The molecule has 0 fully saturated rings. The number of amides is 1. The molecule has 1 aromatic rings. The first-order chi connectivity index (χ1) is 8.25. The van der Waals surface area contributed by atoms with Gasteiger partial charge in [0.25, 0.3) is 0 Å². The molecule has 94 valence electrons. The molecule has 0 spiro atoms. The average Bonchev–Trinajstić information content (AvgIpc) is 2.25. The van der Waals surface area contributed by atoms with Crippen molar-refractivity contribution >= 4 is 21.3 Å². The van der Waals surface area contributed by atoms with Crippen LogP contribution in [0.15, 0.2) is 34.6 Å². The van der Waals surface area contributed by atoms with E-state index in [4.69, 9.17) is 5.73 Å². The fraction of sp³-hybridized carbons (Fsp3) is 0.154. The van der Waals surface area contributed by atoms with Gasteiger partial charge in [-0.1, -0.05) is 6.58 Å². The second kappa shape index (κ2) is 3.81. The second-order valence-corrected chi connectivity index (χ2v) is 6.40. The largest absolute Gasteiger partial charge is 0.366 e. The molecule has 2 N–H and O–H groups in total. The molecule has 0 aromatic heterocycles. The topological polar surface area (TPSA) is 77.2 Å². The van der Waals surface area contributed by atoms with E-state index < -0.39 is 15.7 Å². The highest BCUT2D eigenvalue weighted by Crippen LogP contribution is 2.35. The van der Waals surface area contributed by atoms with Crippen LogP contribution in [-0.4, -0.2) is 14.3 Å². The maximum atomic E-state index is 12.2. The lowest BCUT2D eigenvalue weighted by Gasteiger charge is -2.19. The van der Waals surface area contributed by atoms with Gasteiger partial charge in [-0.15, -0.1) is 0 Å². The van der Waals surface area contributed by atoms with Crippen molar-refractivity contribution in [1.82, 2.24) is 0 Å². The summed E-state index contributed by atoms with van der Waals surface area (Å²) in [5.41, 5.74) is 7.25. The first-order valence-electron chi connectivity index (χ1n) is 5.32. The van der Waals surface area contributed by atoms with E-state index in [1.54, 1.807) is 13.0 Å². The minimum absolute atomic E-state index is 0.104. The number of hydrogen-bond acceptors (Lipinski definition) is 3. The summed E-state index contributed by atoms with van der Waals surface area (Å²) >= 11 is 0. The maximum absolute atomic E-state index is 12.2. The number of sulfone groups is 1. The van der Waals surface area contributed by atoms with Gasteiger partial charge in [0.15, 0.2) is 0 Å². The molecule has 2 rings (SSSR count). The summed E-state index contributed by atoms with van der Waals surface area (Å²) in [6.07, 6.45) is 1.53. The minimum atomic E-state index is -3.53. The molecule has 0 bridgehead atoms. The third kappa shape index (κ3) is 1.67. The van der Waals surface area contributed by atoms with Gasteiger partial charge in [-0.2, -0.15) is 0 Å². The molecule has 1 amide bonds. The van der Waals surface area contributed by atoms with Gasteiger partial charge in [0.1, 0.15) is 0 Å². The van der Waals surface area contributed by atoms with Crippen LogP contribution in [0.25, 0.3) is 5.57 Å². The van der Waals surface area contributed by atoms with Crippen LogP contribution < -0.4 is 5.73 Å². The second-order valence-electron chi connectivity index (χ2n) is 4.31. The maximum Gasteiger partial charge on any atom is 0.249 e. The number of benzene rings is 1. The molecule has 1 aliphatic heterocycles. The molecule has 4 nitrogen and oxygen atoms in total. The van der Waals surface area contributed by atoms with Crippen LogP contribution in [0.1, 0.15) is 28.4 Å². The van der Waals surface area contributed by atoms with E-state index in [1.807, 2.05) is 0 Å². The van der Waals surface area contributed by atoms with Gasteiger partial charge in [0.2, 0.25) is 15.7 Å². The minimum Gasteiger partial charge on any atom is -0.366 e. The van der Waals surface area contributed by atoms with E-state index in [0.29, 0.717) is 16.7 Å². The number of primary amides is 1. The zero-order valence-electron chi connectivity index (χ0n) is 10.1. The molecule has 0 radical (unpaired) electrons. The molecule has 0 unspecified atom stereocenters. The Morgan fingerprint density at radius 3 is 2.44 bits per heavy atom. The number of nitrogens with two attached hydrogens (primary N) is 1. The van der Waals surface area contributed by atoms with Crippen molar-refractivity contribution in [2.75, 3.05) is 0 Å². The summed E-state index contributed by atoms with van der Waals surface area (Å²) in [6, 6.07) is 2.97. The van der Waals surface area contributed by atoms with E-state index in [0.717, 1.165) is 0 Å². The quantitative estimate of drug-likeness (QED) is 0.839. The first kappa shape index (κ1) is 12.6. The Bertz CT molecular complexity index is 712. The number of fused-ring (bicyclic) bond motifs is 1. The number of allylic oxidation sites excluding steroid dienone is 3. The van der Waals surface area contributed by atoms with Crippen molar-refractivity contribution in [1.29, 1.82) is 0 Å². The lowest BCUT2D eigenvalue weighted by molar-refractivity contribution is 0.0999. The van der Waals surface area contributed by atoms with Crippen LogP contribution in [0.3, 0.4) is 0 Å². The van der Waals surface area contributed by atoms with Crippen LogP contribution in [0.5, 0.6) is 0 Å².